The van der Waals surface area contributed by atoms with Crippen LogP contribution < -0.4 is 5.32 Å². The number of carboxylic acid groups (broad SMARTS) is 1. The van der Waals surface area contributed by atoms with E-state index in [-0.39, 0.29) is 4.88 Å². The highest BCUT2D eigenvalue weighted by molar-refractivity contribution is 7.18. The number of carbonyl (C=O) groups is 1. The Morgan fingerprint density at radius 2 is 1.70 bits per heavy atom. The number of benzene rings is 2. The summed E-state index contributed by atoms with van der Waals surface area (Å²) in [4.78, 5) is 16.3. The lowest BCUT2D eigenvalue weighted by Gasteiger charge is -2.09. The number of aromatic nitrogens is 1. The van der Waals surface area contributed by atoms with Gasteiger partial charge < -0.3 is 10.4 Å². The quantitative estimate of drug-likeness (QED) is 0.719. The molecule has 0 bridgehead atoms. The van der Waals surface area contributed by atoms with E-state index in [9.17, 15) is 9.90 Å². The summed E-state index contributed by atoms with van der Waals surface area (Å²) >= 11 is 1.15. The molecular weight excluding hydrogens is 308 g/mol. The highest BCUT2D eigenvalue weighted by Crippen LogP contribution is 2.34. The number of nitrogens with zero attached hydrogens (tertiary/aromatic N) is 1. The van der Waals surface area contributed by atoms with E-state index in [4.69, 9.17) is 0 Å². The maximum absolute atomic E-state index is 11.5. The van der Waals surface area contributed by atoms with Gasteiger partial charge in [0.25, 0.3) is 0 Å². The lowest BCUT2D eigenvalue weighted by atomic mass is 10.1. The number of carboxylic acids is 1. The number of para-hydroxylation sites is 1. The maximum Gasteiger partial charge on any atom is 0.348 e. The van der Waals surface area contributed by atoms with Gasteiger partial charge in [-0.15, -0.1) is 0 Å². The number of hydrogen-bond acceptors (Lipinski definition) is 4. The van der Waals surface area contributed by atoms with Crippen LogP contribution in [0.2, 0.25) is 0 Å². The minimum Gasteiger partial charge on any atom is -0.477 e. The van der Waals surface area contributed by atoms with E-state index in [1.807, 2.05) is 62.4 Å². The zero-order valence-corrected chi connectivity index (χ0v) is 13.6. The minimum atomic E-state index is -0.962. The molecule has 4 nitrogen and oxygen atoms in total. The van der Waals surface area contributed by atoms with Gasteiger partial charge in [0, 0.05) is 11.3 Å². The van der Waals surface area contributed by atoms with Crippen LogP contribution in [0.5, 0.6) is 0 Å². The van der Waals surface area contributed by atoms with Gasteiger partial charge in [0.05, 0.1) is 5.69 Å². The monoisotopic (exact) mass is 324 g/mol. The van der Waals surface area contributed by atoms with Gasteiger partial charge in [0.15, 0.2) is 5.13 Å². The molecule has 2 N–H and O–H groups in total. The van der Waals surface area contributed by atoms with Crippen molar-refractivity contribution < 1.29 is 9.90 Å². The number of anilines is 2. The molecule has 0 saturated heterocycles. The van der Waals surface area contributed by atoms with Crippen LogP contribution in [-0.2, 0) is 0 Å². The van der Waals surface area contributed by atoms with Crippen molar-refractivity contribution in [2.45, 2.75) is 13.8 Å². The summed E-state index contributed by atoms with van der Waals surface area (Å²) in [6, 6.07) is 15.4. The van der Waals surface area contributed by atoms with E-state index < -0.39 is 5.97 Å². The highest BCUT2D eigenvalue weighted by Gasteiger charge is 2.19. The first-order valence-corrected chi connectivity index (χ1v) is 8.00. The first kappa shape index (κ1) is 15.2. The van der Waals surface area contributed by atoms with E-state index >= 15 is 0 Å². The summed E-state index contributed by atoms with van der Waals surface area (Å²) in [5, 5.41) is 13.3. The molecule has 1 heterocycles. The summed E-state index contributed by atoms with van der Waals surface area (Å²) in [5.74, 6) is -0.962. The van der Waals surface area contributed by atoms with Crippen molar-refractivity contribution in [2.75, 3.05) is 5.32 Å². The van der Waals surface area contributed by atoms with Crippen molar-refractivity contribution in [3.05, 3.63) is 64.5 Å². The molecule has 0 aliphatic heterocycles. The average molecular weight is 324 g/mol. The first-order chi connectivity index (χ1) is 11.1. The van der Waals surface area contributed by atoms with Crippen LogP contribution in [0.1, 0.15) is 20.8 Å². The van der Waals surface area contributed by atoms with E-state index in [2.05, 4.69) is 10.3 Å². The Morgan fingerprint density at radius 1 is 1.04 bits per heavy atom. The summed E-state index contributed by atoms with van der Waals surface area (Å²) in [6.45, 7) is 4.03. The molecule has 0 amide bonds. The van der Waals surface area contributed by atoms with Crippen molar-refractivity contribution in [3.8, 4) is 11.3 Å². The summed E-state index contributed by atoms with van der Waals surface area (Å²) < 4.78 is 0. The standard InChI is InChI=1S/C18H16N2O2S/c1-11-7-6-8-12(2)14(11)19-18-20-15(16(23-18)17(21)22)13-9-4-3-5-10-13/h3-10H,1-2H3,(H,19,20)(H,21,22). The summed E-state index contributed by atoms with van der Waals surface area (Å²) in [6.07, 6.45) is 0. The number of nitrogens with one attached hydrogen (secondary N) is 1. The van der Waals surface area contributed by atoms with Crippen LogP contribution in [0.25, 0.3) is 11.3 Å². The van der Waals surface area contributed by atoms with E-state index in [1.165, 1.54) is 0 Å². The Bertz CT molecular complexity index is 836. The molecule has 0 unspecified atom stereocenters. The topological polar surface area (TPSA) is 62.2 Å². The number of aryl methyl sites for hydroxylation is 2. The molecule has 3 rings (SSSR count). The van der Waals surface area contributed by atoms with Crippen molar-refractivity contribution in [2.24, 2.45) is 0 Å². The number of thiazole rings is 1. The summed E-state index contributed by atoms with van der Waals surface area (Å²) in [5.41, 5.74) is 4.46. The third-order valence-corrected chi connectivity index (χ3v) is 4.54. The predicted molar refractivity (Wildman–Crippen MR) is 93.7 cm³/mol. The second kappa shape index (κ2) is 6.22. The molecule has 0 aliphatic rings. The fourth-order valence-corrected chi connectivity index (χ4v) is 3.26. The molecule has 23 heavy (non-hydrogen) atoms. The van der Waals surface area contributed by atoms with Gasteiger partial charge >= 0.3 is 5.97 Å². The fraction of sp³-hybridized carbons (Fsp3) is 0.111. The third kappa shape index (κ3) is 3.10. The molecule has 2 aromatic carbocycles. The Kier molecular flexibility index (Phi) is 4.12. The number of rotatable bonds is 4. The minimum absolute atomic E-state index is 0.241. The van der Waals surface area contributed by atoms with Crippen LogP contribution in [0.4, 0.5) is 10.8 Å². The van der Waals surface area contributed by atoms with Gasteiger partial charge in [-0.3, -0.25) is 0 Å². The van der Waals surface area contributed by atoms with Gasteiger partial charge in [-0.05, 0) is 25.0 Å². The largest absolute Gasteiger partial charge is 0.477 e. The Balaban J connectivity index is 2.04. The molecule has 0 spiro atoms. The Morgan fingerprint density at radius 3 is 2.30 bits per heavy atom. The molecule has 116 valence electrons. The Hall–Kier alpha value is -2.66. The molecule has 0 aliphatic carbocycles. The average Bonchev–Trinajstić information content (AvgIpc) is 2.96. The van der Waals surface area contributed by atoms with Gasteiger partial charge in [0.2, 0.25) is 0 Å². The summed E-state index contributed by atoms with van der Waals surface area (Å²) in [7, 11) is 0. The Labute approximate surface area is 138 Å². The van der Waals surface area contributed by atoms with E-state index in [0.29, 0.717) is 10.8 Å². The smallest absolute Gasteiger partial charge is 0.348 e. The predicted octanol–water partition coefficient (Wildman–Crippen LogP) is 4.87. The molecular formula is C18H16N2O2S. The van der Waals surface area contributed by atoms with Crippen LogP contribution in [0, 0.1) is 13.8 Å². The molecule has 0 fully saturated rings. The molecule has 0 saturated carbocycles. The van der Waals surface area contributed by atoms with Crippen LogP contribution in [-0.4, -0.2) is 16.1 Å². The lowest BCUT2D eigenvalue weighted by molar-refractivity contribution is 0.0702. The SMILES string of the molecule is Cc1cccc(C)c1Nc1nc(-c2ccccc2)c(C(=O)O)s1. The van der Waals surface area contributed by atoms with Crippen LogP contribution in [0.3, 0.4) is 0 Å². The van der Waals surface area contributed by atoms with Crippen molar-refractivity contribution in [1.29, 1.82) is 0 Å². The maximum atomic E-state index is 11.5. The normalized spacial score (nSPS) is 10.5. The third-order valence-electron chi connectivity index (χ3n) is 3.58. The first-order valence-electron chi connectivity index (χ1n) is 7.19. The van der Waals surface area contributed by atoms with Gasteiger partial charge in [-0.1, -0.05) is 59.9 Å². The zero-order valence-electron chi connectivity index (χ0n) is 12.8. The highest BCUT2D eigenvalue weighted by atomic mass is 32.1. The molecule has 5 heteroatoms. The lowest BCUT2D eigenvalue weighted by Crippen LogP contribution is -1.95. The number of aromatic carboxylic acids is 1. The van der Waals surface area contributed by atoms with Gasteiger partial charge in [-0.25, -0.2) is 9.78 Å². The molecule has 0 radical (unpaired) electrons. The number of hydrogen-bond donors (Lipinski definition) is 2. The van der Waals surface area contributed by atoms with Crippen LogP contribution >= 0.6 is 11.3 Å². The van der Waals surface area contributed by atoms with Gasteiger partial charge in [0.1, 0.15) is 4.88 Å². The van der Waals surface area contributed by atoms with Crippen molar-refractivity contribution in [3.63, 3.8) is 0 Å². The van der Waals surface area contributed by atoms with Crippen molar-refractivity contribution >= 4 is 28.1 Å². The van der Waals surface area contributed by atoms with E-state index in [1.54, 1.807) is 0 Å². The molecule has 3 aromatic rings. The molecule has 1 aromatic heterocycles. The second-order valence-corrected chi connectivity index (χ2v) is 6.26. The fourth-order valence-electron chi connectivity index (χ4n) is 2.43. The molecule has 0 atom stereocenters. The zero-order chi connectivity index (χ0) is 16.4. The van der Waals surface area contributed by atoms with Crippen molar-refractivity contribution in [1.82, 2.24) is 4.98 Å². The second-order valence-electron chi connectivity index (χ2n) is 5.26. The van der Waals surface area contributed by atoms with E-state index in [0.717, 1.165) is 33.7 Å². The van der Waals surface area contributed by atoms with Gasteiger partial charge in [-0.2, -0.15) is 0 Å². The van der Waals surface area contributed by atoms with Crippen LogP contribution in [0.15, 0.2) is 48.5 Å².